The lowest BCUT2D eigenvalue weighted by Crippen LogP contribution is -2.35. The van der Waals surface area contributed by atoms with Crippen LogP contribution in [-0.4, -0.2) is 19.8 Å². The highest BCUT2D eigenvalue weighted by molar-refractivity contribution is 5.30. The smallest absolute Gasteiger partial charge is 0.378 e. The highest BCUT2D eigenvalue weighted by Gasteiger charge is 2.35. The maximum Gasteiger partial charge on any atom is 0.419 e. The largest absolute Gasteiger partial charge is 0.419 e. The van der Waals surface area contributed by atoms with Gasteiger partial charge in [-0.15, -0.1) is 0 Å². The van der Waals surface area contributed by atoms with E-state index in [1.165, 1.54) is 12.1 Å². The summed E-state index contributed by atoms with van der Waals surface area (Å²) in [6.07, 6.45) is -4.67. The zero-order valence-electron chi connectivity index (χ0n) is 8.85. The van der Waals surface area contributed by atoms with E-state index in [2.05, 4.69) is 5.32 Å². The molecule has 0 bridgehead atoms. The Morgan fingerprint density at radius 2 is 2.06 bits per heavy atom. The molecule has 0 saturated carbocycles. The van der Waals surface area contributed by atoms with Gasteiger partial charge in [-0.05, 0) is 6.07 Å². The number of hydrogen-bond donors (Lipinski definition) is 1. The van der Waals surface area contributed by atoms with Crippen LogP contribution in [0.25, 0.3) is 0 Å². The summed E-state index contributed by atoms with van der Waals surface area (Å²) in [6, 6.07) is 2.77. The van der Waals surface area contributed by atoms with Gasteiger partial charge in [0.1, 0.15) is 5.82 Å². The third-order valence-electron chi connectivity index (χ3n) is 2.63. The predicted molar refractivity (Wildman–Crippen MR) is 53.0 cm³/mol. The molecule has 94 valence electrons. The van der Waals surface area contributed by atoms with E-state index in [0.717, 1.165) is 6.07 Å². The van der Waals surface area contributed by atoms with E-state index in [1.54, 1.807) is 0 Å². The SMILES string of the molecule is Fc1c([C@@H]2COCCN2)cccc1C(F)(F)F. The topological polar surface area (TPSA) is 21.3 Å². The minimum absolute atomic E-state index is 0.000440. The van der Waals surface area contributed by atoms with Gasteiger partial charge in [0.2, 0.25) is 0 Å². The predicted octanol–water partition coefficient (Wildman–Crippen LogP) is 2.51. The van der Waals surface area contributed by atoms with Gasteiger partial charge in [-0.3, -0.25) is 0 Å². The second-order valence-electron chi connectivity index (χ2n) is 3.79. The average Bonchev–Trinajstić information content (AvgIpc) is 2.29. The van der Waals surface area contributed by atoms with Gasteiger partial charge >= 0.3 is 6.18 Å². The molecule has 1 fully saturated rings. The first-order chi connectivity index (χ1) is 8.00. The van der Waals surface area contributed by atoms with E-state index in [0.29, 0.717) is 13.2 Å². The molecule has 0 radical (unpaired) electrons. The minimum atomic E-state index is -4.67. The summed E-state index contributed by atoms with van der Waals surface area (Å²) in [5.74, 6) is -1.22. The summed E-state index contributed by atoms with van der Waals surface area (Å²) in [6.45, 7) is 1.16. The van der Waals surface area contributed by atoms with E-state index in [9.17, 15) is 17.6 Å². The van der Waals surface area contributed by atoms with Gasteiger partial charge in [0.15, 0.2) is 0 Å². The lowest BCUT2D eigenvalue weighted by Gasteiger charge is -2.25. The van der Waals surface area contributed by atoms with Crippen LogP contribution < -0.4 is 5.32 Å². The second-order valence-corrected chi connectivity index (χ2v) is 3.79. The molecule has 1 aliphatic heterocycles. The van der Waals surface area contributed by atoms with Crippen LogP contribution in [0.4, 0.5) is 17.6 Å². The molecule has 2 nitrogen and oxygen atoms in total. The second kappa shape index (κ2) is 4.62. The van der Waals surface area contributed by atoms with E-state index in [4.69, 9.17) is 4.74 Å². The third-order valence-corrected chi connectivity index (χ3v) is 2.63. The Labute approximate surface area is 95.6 Å². The van der Waals surface area contributed by atoms with Crippen molar-refractivity contribution in [1.29, 1.82) is 0 Å². The average molecular weight is 249 g/mol. The number of ether oxygens (including phenoxy) is 1. The van der Waals surface area contributed by atoms with Crippen molar-refractivity contribution >= 4 is 0 Å². The Morgan fingerprint density at radius 1 is 1.29 bits per heavy atom. The number of halogens is 4. The maximum absolute atomic E-state index is 13.7. The molecule has 0 spiro atoms. The van der Waals surface area contributed by atoms with Crippen molar-refractivity contribution in [2.75, 3.05) is 19.8 Å². The summed E-state index contributed by atoms with van der Waals surface area (Å²) < 4.78 is 56.4. The van der Waals surface area contributed by atoms with E-state index in [1.807, 2.05) is 0 Å². The molecular weight excluding hydrogens is 238 g/mol. The fourth-order valence-corrected chi connectivity index (χ4v) is 1.80. The number of morpholine rings is 1. The van der Waals surface area contributed by atoms with Crippen LogP contribution in [0.2, 0.25) is 0 Å². The quantitative estimate of drug-likeness (QED) is 0.772. The molecule has 0 aromatic heterocycles. The van der Waals surface area contributed by atoms with Crippen LogP contribution in [0.3, 0.4) is 0 Å². The van der Waals surface area contributed by atoms with Gasteiger partial charge in [-0.1, -0.05) is 12.1 Å². The van der Waals surface area contributed by atoms with Gasteiger partial charge in [-0.25, -0.2) is 4.39 Å². The Hall–Kier alpha value is -1.14. The first kappa shape index (κ1) is 12.3. The molecule has 1 aliphatic rings. The zero-order valence-corrected chi connectivity index (χ0v) is 8.85. The molecule has 17 heavy (non-hydrogen) atoms. The molecule has 1 saturated heterocycles. The van der Waals surface area contributed by atoms with Crippen molar-refractivity contribution in [2.45, 2.75) is 12.2 Å². The summed E-state index contributed by atoms with van der Waals surface area (Å²) in [7, 11) is 0. The summed E-state index contributed by atoms with van der Waals surface area (Å²) >= 11 is 0. The number of hydrogen-bond acceptors (Lipinski definition) is 2. The fourth-order valence-electron chi connectivity index (χ4n) is 1.80. The first-order valence-corrected chi connectivity index (χ1v) is 5.17. The molecule has 6 heteroatoms. The van der Waals surface area contributed by atoms with Gasteiger partial charge in [-0.2, -0.15) is 13.2 Å². The highest BCUT2D eigenvalue weighted by atomic mass is 19.4. The Kier molecular flexibility index (Phi) is 3.35. The maximum atomic E-state index is 13.7. The summed E-state index contributed by atoms with van der Waals surface area (Å²) in [4.78, 5) is 0. The first-order valence-electron chi connectivity index (χ1n) is 5.17. The third kappa shape index (κ3) is 2.58. The van der Waals surface area contributed by atoms with Crippen LogP contribution in [0.5, 0.6) is 0 Å². The lowest BCUT2D eigenvalue weighted by molar-refractivity contribution is -0.140. The van der Waals surface area contributed by atoms with Gasteiger partial charge in [0.05, 0.1) is 24.8 Å². The van der Waals surface area contributed by atoms with E-state index < -0.39 is 23.6 Å². The van der Waals surface area contributed by atoms with Crippen molar-refractivity contribution < 1.29 is 22.3 Å². The van der Waals surface area contributed by atoms with Gasteiger partial charge in [0, 0.05) is 12.1 Å². The molecule has 1 aromatic carbocycles. The number of nitrogens with one attached hydrogen (secondary N) is 1. The number of rotatable bonds is 1. The molecular formula is C11H11F4NO. The zero-order chi connectivity index (χ0) is 12.5. The molecule has 0 unspecified atom stereocenters. The fraction of sp³-hybridized carbons (Fsp3) is 0.455. The Morgan fingerprint density at radius 3 is 2.65 bits per heavy atom. The van der Waals surface area contributed by atoms with Crippen LogP contribution in [0.15, 0.2) is 18.2 Å². The van der Waals surface area contributed by atoms with Crippen molar-refractivity contribution in [3.8, 4) is 0 Å². The summed E-state index contributed by atoms with van der Waals surface area (Å²) in [5.41, 5.74) is -1.23. The molecule has 2 rings (SSSR count). The van der Waals surface area contributed by atoms with Crippen LogP contribution in [-0.2, 0) is 10.9 Å². The normalized spacial score (nSPS) is 21.5. The van der Waals surface area contributed by atoms with E-state index >= 15 is 0 Å². The van der Waals surface area contributed by atoms with Gasteiger partial charge < -0.3 is 10.1 Å². The number of benzene rings is 1. The van der Waals surface area contributed by atoms with E-state index in [-0.39, 0.29) is 12.2 Å². The summed E-state index contributed by atoms with van der Waals surface area (Å²) in [5, 5.41) is 2.92. The lowest BCUT2D eigenvalue weighted by atomic mass is 10.0. The molecule has 1 atom stereocenters. The Balaban J connectivity index is 2.35. The highest BCUT2D eigenvalue weighted by Crippen LogP contribution is 2.34. The minimum Gasteiger partial charge on any atom is -0.378 e. The monoisotopic (exact) mass is 249 g/mol. The van der Waals surface area contributed by atoms with Crippen molar-refractivity contribution in [3.63, 3.8) is 0 Å². The Bertz CT molecular complexity index is 399. The van der Waals surface area contributed by atoms with Crippen molar-refractivity contribution in [3.05, 3.63) is 35.1 Å². The standard InChI is InChI=1S/C11H11F4NO/c12-10-7(9-6-17-5-4-16-9)2-1-3-8(10)11(13,14)15/h1-3,9,16H,4-6H2/t9-/m0/s1. The van der Waals surface area contributed by atoms with Crippen molar-refractivity contribution in [1.82, 2.24) is 5.32 Å². The molecule has 0 aliphatic carbocycles. The number of alkyl halides is 3. The molecule has 1 aromatic rings. The van der Waals surface area contributed by atoms with Crippen LogP contribution in [0.1, 0.15) is 17.2 Å². The van der Waals surface area contributed by atoms with Crippen LogP contribution >= 0.6 is 0 Å². The molecule has 1 N–H and O–H groups in total. The molecule has 0 amide bonds. The molecule has 1 heterocycles. The van der Waals surface area contributed by atoms with Crippen LogP contribution in [0, 0.1) is 5.82 Å². The van der Waals surface area contributed by atoms with Crippen molar-refractivity contribution in [2.24, 2.45) is 0 Å². The van der Waals surface area contributed by atoms with Gasteiger partial charge in [0.25, 0.3) is 0 Å².